The van der Waals surface area contributed by atoms with E-state index in [-0.39, 0.29) is 18.4 Å². The number of carbonyl (C=O) groups excluding carboxylic acids is 1. The second-order valence-corrected chi connectivity index (χ2v) is 7.37. The minimum Gasteiger partial charge on any atom is -0.482 e. The largest absolute Gasteiger partial charge is 0.482 e. The standard InChI is InChI=1S/C20H27NO4/c1-21(12-14-8-10-15(11-9-14)25-13-18(22)23)20(24)19-16-6-4-2-3-5-7-17(16)19/h8-11,16-17,19H,2-7,12-13H2,1H3,(H,22,23). The smallest absolute Gasteiger partial charge is 0.341 e. The van der Waals surface area contributed by atoms with Gasteiger partial charge in [0.1, 0.15) is 5.75 Å². The van der Waals surface area contributed by atoms with E-state index in [1.165, 1.54) is 38.5 Å². The van der Waals surface area contributed by atoms with Gasteiger partial charge >= 0.3 is 5.97 Å². The van der Waals surface area contributed by atoms with Crippen LogP contribution in [0.2, 0.25) is 0 Å². The minimum absolute atomic E-state index is 0.237. The Balaban J connectivity index is 1.52. The van der Waals surface area contributed by atoms with E-state index < -0.39 is 5.97 Å². The first-order valence-corrected chi connectivity index (χ1v) is 9.25. The summed E-state index contributed by atoms with van der Waals surface area (Å²) in [6.07, 6.45) is 7.60. The van der Waals surface area contributed by atoms with Gasteiger partial charge in [-0.25, -0.2) is 4.79 Å². The highest BCUT2D eigenvalue weighted by Crippen LogP contribution is 2.54. The number of carboxylic acids is 1. The summed E-state index contributed by atoms with van der Waals surface area (Å²) in [6, 6.07) is 7.28. The molecule has 0 aromatic heterocycles. The predicted octanol–water partition coefficient (Wildman–Crippen LogP) is 3.32. The summed E-state index contributed by atoms with van der Waals surface area (Å²) in [5.41, 5.74) is 1.02. The van der Waals surface area contributed by atoms with Gasteiger partial charge in [0.25, 0.3) is 0 Å². The molecular formula is C20H27NO4. The number of benzene rings is 1. The Labute approximate surface area is 149 Å². The lowest BCUT2D eigenvalue weighted by molar-refractivity contribution is -0.139. The number of hydrogen-bond acceptors (Lipinski definition) is 3. The predicted molar refractivity (Wildman–Crippen MR) is 94.2 cm³/mol. The first-order valence-electron chi connectivity index (χ1n) is 9.25. The van der Waals surface area contributed by atoms with Gasteiger partial charge in [-0.1, -0.05) is 37.8 Å². The third-order valence-electron chi connectivity index (χ3n) is 5.52. The zero-order valence-electron chi connectivity index (χ0n) is 14.8. The Kier molecular flexibility index (Phi) is 5.61. The molecule has 0 saturated heterocycles. The van der Waals surface area contributed by atoms with Crippen molar-refractivity contribution in [1.82, 2.24) is 4.90 Å². The van der Waals surface area contributed by atoms with Gasteiger partial charge in [0, 0.05) is 19.5 Å². The Hall–Kier alpha value is -2.04. The SMILES string of the molecule is CN(Cc1ccc(OCC(=O)O)cc1)C(=O)C1C2CCCCCCC21. The summed E-state index contributed by atoms with van der Waals surface area (Å²) in [7, 11) is 1.88. The first kappa shape index (κ1) is 17.8. The molecule has 0 spiro atoms. The van der Waals surface area contributed by atoms with Gasteiger partial charge < -0.3 is 14.7 Å². The van der Waals surface area contributed by atoms with Crippen molar-refractivity contribution in [2.75, 3.05) is 13.7 Å². The molecule has 1 N–H and O–H groups in total. The van der Waals surface area contributed by atoms with Crippen LogP contribution in [0.3, 0.4) is 0 Å². The molecular weight excluding hydrogens is 318 g/mol. The summed E-state index contributed by atoms with van der Waals surface area (Å²) in [5.74, 6) is 1.28. The molecule has 1 aromatic carbocycles. The molecule has 136 valence electrons. The van der Waals surface area contributed by atoms with Crippen molar-refractivity contribution in [1.29, 1.82) is 0 Å². The number of nitrogens with zero attached hydrogens (tertiary/aromatic N) is 1. The summed E-state index contributed by atoms with van der Waals surface area (Å²) in [5, 5.41) is 8.62. The number of rotatable bonds is 6. The minimum atomic E-state index is -0.994. The van der Waals surface area contributed by atoms with E-state index in [1.807, 2.05) is 24.1 Å². The van der Waals surface area contributed by atoms with Crippen LogP contribution in [0.25, 0.3) is 0 Å². The van der Waals surface area contributed by atoms with Crippen molar-refractivity contribution >= 4 is 11.9 Å². The fourth-order valence-corrected chi connectivity index (χ4v) is 4.15. The molecule has 2 aliphatic carbocycles. The van der Waals surface area contributed by atoms with Gasteiger partial charge in [-0.15, -0.1) is 0 Å². The summed E-state index contributed by atoms with van der Waals surface area (Å²) in [4.78, 5) is 25.1. The fourth-order valence-electron chi connectivity index (χ4n) is 4.15. The van der Waals surface area contributed by atoms with E-state index in [0.717, 1.165) is 5.56 Å². The topological polar surface area (TPSA) is 66.8 Å². The zero-order valence-corrected chi connectivity index (χ0v) is 14.8. The molecule has 0 radical (unpaired) electrons. The molecule has 0 heterocycles. The molecule has 1 amide bonds. The Bertz CT molecular complexity index is 599. The van der Waals surface area contributed by atoms with Gasteiger partial charge in [-0.05, 0) is 42.4 Å². The van der Waals surface area contributed by atoms with Crippen LogP contribution in [0.5, 0.6) is 5.75 Å². The lowest BCUT2D eigenvalue weighted by Crippen LogP contribution is -2.28. The number of carboxylic acid groups (broad SMARTS) is 1. The van der Waals surface area contributed by atoms with Crippen molar-refractivity contribution in [3.63, 3.8) is 0 Å². The normalized spacial score (nSPS) is 25.2. The molecule has 5 heteroatoms. The van der Waals surface area contributed by atoms with Crippen molar-refractivity contribution in [3.8, 4) is 5.75 Å². The molecule has 2 saturated carbocycles. The maximum Gasteiger partial charge on any atom is 0.341 e. The van der Waals surface area contributed by atoms with Gasteiger partial charge in [0.15, 0.2) is 6.61 Å². The quantitative estimate of drug-likeness (QED) is 0.859. The van der Waals surface area contributed by atoms with Crippen LogP contribution in [0.1, 0.15) is 44.1 Å². The summed E-state index contributed by atoms with van der Waals surface area (Å²) in [6.45, 7) is 0.232. The number of fused-ring (bicyclic) bond motifs is 1. The maximum atomic E-state index is 12.8. The van der Waals surface area contributed by atoms with E-state index in [2.05, 4.69) is 0 Å². The third kappa shape index (κ3) is 4.53. The van der Waals surface area contributed by atoms with E-state index in [0.29, 0.717) is 24.1 Å². The Morgan fingerprint density at radius 2 is 1.68 bits per heavy atom. The van der Waals surface area contributed by atoms with E-state index in [9.17, 15) is 9.59 Å². The van der Waals surface area contributed by atoms with Crippen LogP contribution in [0, 0.1) is 17.8 Å². The molecule has 2 fully saturated rings. The van der Waals surface area contributed by atoms with Crippen molar-refractivity contribution < 1.29 is 19.4 Å². The highest BCUT2D eigenvalue weighted by Gasteiger charge is 2.54. The van der Waals surface area contributed by atoms with E-state index >= 15 is 0 Å². The number of ether oxygens (including phenoxy) is 1. The molecule has 0 aliphatic heterocycles. The average molecular weight is 345 g/mol. The third-order valence-corrected chi connectivity index (χ3v) is 5.52. The lowest BCUT2D eigenvalue weighted by atomic mass is 10.0. The van der Waals surface area contributed by atoms with Crippen LogP contribution in [-0.2, 0) is 16.1 Å². The molecule has 5 nitrogen and oxygen atoms in total. The molecule has 1 aromatic rings. The number of carbonyl (C=O) groups is 2. The summed E-state index contributed by atoms with van der Waals surface area (Å²) >= 11 is 0. The molecule has 0 bridgehead atoms. The van der Waals surface area contributed by atoms with Gasteiger partial charge in [0.2, 0.25) is 5.91 Å². The number of hydrogen-bond donors (Lipinski definition) is 1. The fraction of sp³-hybridized carbons (Fsp3) is 0.600. The molecule has 2 atom stereocenters. The van der Waals surface area contributed by atoms with Gasteiger partial charge in [-0.2, -0.15) is 0 Å². The van der Waals surface area contributed by atoms with Crippen molar-refractivity contribution in [3.05, 3.63) is 29.8 Å². The highest BCUT2D eigenvalue weighted by molar-refractivity contribution is 5.82. The van der Waals surface area contributed by atoms with Crippen molar-refractivity contribution in [2.24, 2.45) is 17.8 Å². The van der Waals surface area contributed by atoms with Crippen LogP contribution >= 0.6 is 0 Å². The zero-order chi connectivity index (χ0) is 17.8. The van der Waals surface area contributed by atoms with Gasteiger partial charge in [0.05, 0.1) is 0 Å². The Morgan fingerprint density at radius 3 is 2.24 bits per heavy atom. The second kappa shape index (κ2) is 7.89. The van der Waals surface area contributed by atoms with Crippen LogP contribution < -0.4 is 4.74 Å². The van der Waals surface area contributed by atoms with Crippen LogP contribution in [-0.4, -0.2) is 35.5 Å². The van der Waals surface area contributed by atoms with Crippen molar-refractivity contribution in [2.45, 2.75) is 45.1 Å². The maximum absolute atomic E-state index is 12.8. The molecule has 2 aliphatic rings. The average Bonchev–Trinajstić information content (AvgIpc) is 3.24. The number of amides is 1. The first-order chi connectivity index (χ1) is 12.1. The second-order valence-electron chi connectivity index (χ2n) is 7.37. The van der Waals surface area contributed by atoms with Crippen LogP contribution in [0.15, 0.2) is 24.3 Å². The monoisotopic (exact) mass is 345 g/mol. The number of aliphatic carboxylic acids is 1. The highest BCUT2D eigenvalue weighted by atomic mass is 16.5. The molecule has 3 rings (SSSR count). The molecule has 25 heavy (non-hydrogen) atoms. The van der Waals surface area contributed by atoms with E-state index in [1.54, 1.807) is 12.1 Å². The van der Waals surface area contributed by atoms with Gasteiger partial charge in [-0.3, -0.25) is 4.79 Å². The summed E-state index contributed by atoms with van der Waals surface area (Å²) < 4.78 is 5.13. The molecule has 2 unspecified atom stereocenters. The lowest BCUT2D eigenvalue weighted by Gasteiger charge is -2.18. The van der Waals surface area contributed by atoms with E-state index in [4.69, 9.17) is 9.84 Å². The van der Waals surface area contributed by atoms with Crippen LogP contribution in [0.4, 0.5) is 0 Å². The Morgan fingerprint density at radius 1 is 1.08 bits per heavy atom.